The van der Waals surface area contributed by atoms with E-state index >= 15 is 0 Å². The van der Waals surface area contributed by atoms with Crippen LogP contribution in [0.25, 0.3) is 0 Å². The Hall–Kier alpha value is -2.69. The standard InChI is InChI=1S/C22H19Cl3F3N3O4/c1-21(2,3)35-20(34)31-14-7-13(15(26)17(28)16(14)27)30-18(32)10-6-9(4-5-12(10)23)29-19(33)11-8-22(11,24)25/h4-7,11H,8H2,1-3H3,(H,29,33)(H,30,32)(H,31,34). The minimum absolute atomic E-state index is 0.0777. The van der Waals surface area contributed by atoms with E-state index in [0.29, 0.717) is 6.07 Å². The number of nitrogens with one attached hydrogen (secondary N) is 3. The van der Waals surface area contributed by atoms with Crippen molar-refractivity contribution in [1.29, 1.82) is 0 Å². The lowest BCUT2D eigenvalue weighted by molar-refractivity contribution is -0.117. The Labute approximate surface area is 213 Å². The van der Waals surface area contributed by atoms with Gasteiger partial charge in [0.25, 0.3) is 5.91 Å². The second-order valence-corrected chi connectivity index (χ2v) is 10.6. The van der Waals surface area contributed by atoms with Gasteiger partial charge < -0.3 is 15.4 Å². The first-order valence-corrected chi connectivity index (χ1v) is 11.2. The number of alkyl halides is 2. The fourth-order valence-electron chi connectivity index (χ4n) is 2.89. The van der Waals surface area contributed by atoms with E-state index < -0.39 is 62.6 Å². The van der Waals surface area contributed by atoms with Crippen molar-refractivity contribution in [3.63, 3.8) is 0 Å². The Morgan fingerprint density at radius 2 is 1.54 bits per heavy atom. The average Bonchev–Trinajstić information content (AvgIpc) is 3.38. The second-order valence-electron chi connectivity index (χ2n) is 8.70. The number of anilines is 3. The molecule has 13 heteroatoms. The zero-order valence-corrected chi connectivity index (χ0v) is 20.8. The summed E-state index contributed by atoms with van der Waals surface area (Å²) in [5.74, 6) is -7.45. The molecule has 7 nitrogen and oxygen atoms in total. The van der Waals surface area contributed by atoms with E-state index in [4.69, 9.17) is 39.5 Å². The number of hydrogen-bond acceptors (Lipinski definition) is 4. The summed E-state index contributed by atoms with van der Waals surface area (Å²) in [4.78, 5) is 36.9. The lowest BCUT2D eigenvalue weighted by Gasteiger charge is -2.20. The van der Waals surface area contributed by atoms with Crippen LogP contribution in [0, 0.1) is 23.4 Å². The van der Waals surface area contributed by atoms with Crippen LogP contribution in [0.2, 0.25) is 5.02 Å². The van der Waals surface area contributed by atoms with Crippen molar-refractivity contribution in [1.82, 2.24) is 0 Å². The molecule has 3 amide bonds. The normalized spacial score (nSPS) is 16.3. The summed E-state index contributed by atoms with van der Waals surface area (Å²) >= 11 is 17.8. The van der Waals surface area contributed by atoms with Gasteiger partial charge in [0.15, 0.2) is 17.5 Å². The van der Waals surface area contributed by atoms with Crippen LogP contribution in [-0.4, -0.2) is 27.8 Å². The third kappa shape index (κ3) is 6.50. The molecule has 0 saturated heterocycles. The Balaban J connectivity index is 1.82. The van der Waals surface area contributed by atoms with Crippen molar-refractivity contribution in [2.45, 2.75) is 37.1 Å². The first-order chi connectivity index (χ1) is 16.1. The van der Waals surface area contributed by atoms with Crippen molar-refractivity contribution in [3.8, 4) is 0 Å². The number of ether oxygens (including phenoxy) is 1. The van der Waals surface area contributed by atoms with Crippen LogP contribution < -0.4 is 16.0 Å². The highest BCUT2D eigenvalue weighted by Gasteiger charge is 2.56. The predicted octanol–water partition coefficient (Wildman–Crippen LogP) is 6.49. The van der Waals surface area contributed by atoms with Crippen molar-refractivity contribution in [3.05, 3.63) is 52.3 Å². The number of amides is 3. The lowest BCUT2D eigenvalue weighted by Crippen LogP contribution is -2.27. The lowest BCUT2D eigenvalue weighted by atomic mass is 10.1. The summed E-state index contributed by atoms with van der Waals surface area (Å²) in [6.45, 7) is 4.64. The van der Waals surface area contributed by atoms with Gasteiger partial charge in [0, 0.05) is 5.69 Å². The molecule has 0 spiro atoms. The van der Waals surface area contributed by atoms with Gasteiger partial charge in [-0.1, -0.05) is 11.6 Å². The highest BCUT2D eigenvalue weighted by molar-refractivity contribution is 6.52. The summed E-state index contributed by atoms with van der Waals surface area (Å²) in [7, 11) is 0. The number of carbonyl (C=O) groups is 3. The molecule has 1 fully saturated rings. The van der Waals surface area contributed by atoms with Gasteiger partial charge in [0.05, 0.1) is 27.9 Å². The van der Waals surface area contributed by atoms with E-state index in [2.05, 4.69) is 10.6 Å². The third-order valence-corrected chi connectivity index (χ3v) is 5.82. The minimum atomic E-state index is -1.93. The molecular weight excluding hydrogens is 534 g/mol. The van der Waals surface area contributed by atoms with Crippen LogP contribution in [0.5, 0.6) is 0 Å². The smallest absolute Gasteiger partial charge is 0.412 e. The molecule has 1 aliphatic carbocycles. The van der Waals surface area contributed by atoms with Crippen LogP contribution in [0.4, 0.5) is 35.0 Å². The molecule has 0 heterocycles. The molecule has 188 valence electrons. The Kier molecular flexibility index (Phi) is 7.50. The number of carbonyl (C=O) groups excluding carboxylic acids is 3. The molecule has 0 aliphatic heterocycles. The van der Waals surface area contributed by atoms with E-state index in [-0.39, 0.29) is 22.7 Å². The molecule has 0 bridgehead atoms. The molecule has 35 heavy (non-hydrogen) atoms. The van der Waals surface area contributed by atoms with Gasteiger partial charge in [-0.3, -0.25) is 14.9 Å². The van der Waals surface area contributed by atoms with Gasteiger partial charge >= 0.3 is 6.09 Å². The molecule has 2 aromatic rings. The maximum Gasteiger partial charge on any atom is 0.412 e. The van der Waals surface area contributed by atoms with E-state index in [1.165, 1.54) is 18.2 Å². The molecule has 0 aromatic heterocycles. The molecule has 1 aliphatic rings. The van der Waals surface area contributed by atoms with Crippen LogP contribution in [0.1, 0.15) is 37.6 Å². The largest absolute Gasteiger partial charge is 0.444 e. The van der Waals surface area contributed by atoms with Gasteiger partial charge in [-0.05, 0) is 51.5 Å². The fourth-order valence-corrected chi connectivity index (χ4v) is 3.60. The Morgan fingerprint density at radius 1 is 0.971 bits per heavy atom. The molecule has 0 radical (unpaired) electrons. The van der Waals surface area contributed by atoms with Crippen molar-refractivity contribution in [2.24, 2.45) is 5.92 Å². The van der Waals surface area contributed by atoms with E-state index in [9.17, 15) is 27.6 Å². The van der Waals surface area contributed by atoms with Gasteiger partial charge in [0.2, 0.25) is 5.91 Å². The minimum Gasteiger partial charge on any atom is -0.444 e. The van der Waals surface area contributed by atoms with Crippen LogP contribution in [-0.2, 0) is 9.53 Å². The first kappa shape index (κ1) is 26.9. The predicted molar refractivity (Wildman–Crippen MR) is 127 cm³/mol. The highest BCUT2D eigenvalue weighted by Crippen LogP contribution is 2.53. The maximum atomic E-state index is 14.4. The maximum absolute atomic E-state index is 14.4. The summed E-state index contributed by atoms with van der Waals surface area (Å²) in [5, 5.41) is 6.49. The van der Waals surface area contributed by atoms with Crippen LogP contribution >= 0.6 is 34.8 Å². The van der Waals surface area contributed by atoms with E-state index in [1.807, 2.05) is 5.32 Å². The number of halogens is 6. The number of rotatable bonds is 5. The fraction of sp³-hybridized carbons (Fsp3) is 0.318. The Morgan fingerprint density at radius 3 is 2.09 bits per heavy atom. The molecule has 3 N–H and O–H groups in total. The number of benzene rings is 2. The zero-order chi connectivity index (χ0) is 26.3. The topological polar surface area (TPSA) is 96.5 Å². The Bertz CT molecular complexity index is 1220. The molecule has 1 unspecified atom stereocenters. The van der Waals surface area contributed by atoms with E-state index in [0.717, 1.165) is 0 Å². The second kappa shape index (κ2) is 9.75. The highest BCUT2D eigenvalue weighted by atomic mass is 35.5. The molecule has 2 aromatic carbocycles. The summed E-state index contributed by atoms with van der Waals surface area (Å²) < 4.78 is 46.5. The summed E-state index contributed by atoms with van der Waals surface area (Å²) in [6.07, 6.45) is -0.863. The summed E-state index contributed by atoms with van der Waals surface area (Å²) in [6, 6.07) is 4.58. The van der Waals surface area contributed by atoms with Gasteiger partial charge in [-0.2, -0.15) is 0 Å². The van der Waals surface area contributed by atoms with Crippen LogP contribution in [0.15, 0.2) is 24.3 Å². The monoisotopic (exact) mass is 551 g/mol. The van der Waals surface area contributed by atoms with Crippen molar-refractivity contribution < 1.29 is 32.3 Å². The van der Waals surface area contributed by atoms with Gasteiger partial charge in [-0.25, -0.2) is 18.0 Å². The first-order valence-electron chi connectivity index (χ1n) is 10.1. The molecule has 1 saturated carbocycles. The average molecular weight is 553 g/mol. The zero-order valence-electron chi connectivity index (χ0n) is 18.5. The number of hydrogen-bond donors (Lipinski definition) is 3. The molecule has 3 rings (SSSR count). The summed E-state index contributed by atoms with van der Waals surface area (Å²) in [5.41, 5.74) is -2.54. The van der Waals surface area contributed by atoms with E-state index in [1.54, 1.807) is 20.8 Å². The SMILES string of the molecule is CC(C)(C)OC(=O)Nc1cc(NC(=O)c2cc(NC(=O)C3CC3(Cl)Cl)ccc2Cl)c(F)c(F)c1F. The molecule has 1 atom stereocenters. The van der Waals surface area contributed by atoms with Gasteiger partial charge in [-0.15, -0.1) is 23.2 Å². The third-order valence-electron chi connectivity index (χ3n) is 4.65. The quantitative estimate of drug-likeness (QED) is 0.292. The van der Waals surface area contributed by atoms with Crippen molar-refractivity contribution >= 4 is 69.8 Å². The molecular formula is C22H19Cl3F3N3O4. The van der Waals surface area contributed by atoms with Gasteiger partial charge in [0.1, 0.15) is 9.93 Å². The van der Waals surface area contributed by atoms with Crippen molar-refractivity contribution in [2.75, 3.05) is 16.0 Å². The van der Waals surface area contributed by atoms with Crippen LogP contribution in [0.3, 0.4) is 0 Å².